The summed E-state index contributed by atoms with van der Waals surface area (Å²) >= 11 is 0. The van der Waals surface area contributed by atoms with E-state index < -0.39 is 20.0 Å². The van der Waals surface area contributed by atoms with E-state index in [1.807, 2.05) is 32.0 Å². The third-order valence-corrected chi connectivity index (χ3v) is 11.1. The largest absolute Gasteiger partial charge is 0.299 e. The first-order valence-electron chi connectivity index (χ1n) is 14.1. The molecule has 1 heterocycles. The van der Waals surface area contributed by atoms with Gasteiger partial charge in [0.25, 0.3) is 0 Å². The third kappa shape index (κ3) is 8.99. The fourth-order valence-electron chi connectivity index (χ4n) is 5.04. The molecule has 3 aromatic rings. The predicted octanol–water partition coefficient (Wildman–Crippen LogP) is 5.65. The summed E-state index contributed by atoms with van der Waals surface area (Å²) < 4.78 is 57.9. The summed E-state index contributed by atoms with van der Waals surface area (Å²) in [5, 5.41) is 0. The van der Waals surface area contributed by atoms with Crippen LogP contribution in [0.3, 0.4) is 0 Å². The van der Waals surface area contributed by atoms with Gasteiger partial charge in [0.15, 0.2) is 0 Å². The highest BCUT2D eigenvalue weighted by Gasteiger charge is 2.29. The van der Waals surface area contributed by atoms with Gasteiger partial charge in [0, 0.05) is 32.7 Å². The van der Waals surface area contributed by atoms with Crippen LogP contribution < -0.4 is 0 Å². The molecule has 1 saturated heterocycles. The Hall–Kier alpha value is -2.53. The number of rotatable bonds is 6. The molecule has 0 amide bonds. The van der Waals surface area contributed by atoms with E-state index in [1.165, 1.54) is 14.2 Å². The van der Waals surface area contributed by atoms with Gasteiger partial charge in [0.05, 0.1) is 9.79 Å². The van der Waals surface area contributed by atoms with Gasteiger partial charge in [0.1, 0.15) is 0 Å². The zero-order chi connectivity index (χ0) is 29.5. The van der Waals surface area contributed by atoms with E-state index in [2.05, 4.69) is 23.6 Å². The van der Waals surface area contributed by atoms with Crippen molar-refractivity contribution < 1.29 is 16.8 Å². The smallest absolute Gasteiger partial charge is 0.243 e. The zero-order valence-corrected chi connectivity index (χ0v) is 26.9. The normalized spacial score (nSPS) is 17.4. The second-order valence-electron chi connectivity index (χ2n) is 10.9. The third-order valence-electron chi connectivity index (χ3n) is 7.38. The van der Waals surface area contributed by atoms with E-state index in [1.54, 1.807) is 48.5 Å². The first-order chi connectivity index (χ1) is 19.6. The molecule has 0 N–H and O–H groups in total. The first kappa shape index (κ1) is 34.0. The van der Waals surface area contributed by atoms with E-state index >= 15 is 0 Å². The summed E-state index contributed by atoms with van der Waals surface area (Å²) in [4.78, 5) is 2.79. The van der Waals surface area contributed by atoms with Crippen molar-refractivity contribution in [3.8, 4) is 0 Å². The molecule has 0 aromatic heterocycles. The molecule has 1 fully saturated rings. The number of aryl methyl sites for hydroxylation is 2. The molecule has 7 nitrogen and oxygen atoms in total. The minimum absolute atomic E-state index is 0. The molecule has 4 rings (SSSR count). The molecule has 0 aliphatic carbocycles. The lowest BCUT2D eigenvalue weighted by Crippen LogP contribution is -2.39. The lowest BCUT2D eigenvalue weighted by molar-refractivity contribution is 0.247. The van der Waals surface area contributed by atoms with Crippen LogP contribution in [0.25, 0.3) is 0 Å². The van der Waals surface area contributed by atoms with Crippen LogP contribution in [0, 0.1) is 13.8 Å². The Morgan fingerprint density at radius 2 is 1.05 bits per heavy atom. The maximum Gasteiger partial charge on any atom is 0.243 e. The summed E-state index contributed by atoms with van der Waals surface area (Å²) in [6.45, 7) is 11.0. The van der Waals surface area contributed by atoms with Gasteiger partial charge >= 0.3 is 0 Å². The van der Waals surface area contributed by atoms with Crippen LogP contribution in [0.4, 0.5) is 0 Å². The summed E-state index contributed by atoms with van der Waals surface area (Å²) in [6.07, 6.45) is 2.16. The maximum absolute atomic E-state index is 13.8. The molecule has 0 saturated carbocycles. The van der Waals surface area contributed by atoms with E-state index in [9.17, 15) is 16.8 Å². The van der Waals surface area contributed by atoms with Crippen molar-refractivity contribution in [2.75, 3.05) is 39.3 Å². The number of halogens is 1. The van der Waals surface area contributed by atoms with Gasteiger partial charge in [-0.25, -0.2) is 16.8 Å². The fraction of sp³-hybridized carbons (Fsp3) is 0.375. The quantitative estimate of drug-likeness (QED) is 0.329. The lowest BCUT2D eigenvalue weighted by Gasteiger charge is -2.27. The van der Waals surface area contributed by atoms with Crippen LogP contribution in [0.1, 0.15) is 36.0 Å². The highest BCUT2D eigenvalue weighted by molar-refractivity contribution is 7.89. The van der Waals surface area contributed by atoms with Crippen LogP contribution in [0.15, 0.2) is 101 Å². The van der Waals surface area contributed by atoms with Crippen molar-refractivity contribution in [1.82, 2.24) is 13.5 Å². The average Bonchev–Trinajstić information content (AvgIpc) is 2.96. The van der Waals surface area contributed by atoms with E-state index in [-0.39, 0.29) is 35.3 Å². The van der Waals surface area contributed by atoms with Crippen LogP contribution >= 0.6 is 12.4 Å². The van der Waals surface area contributed by atoms with Gasteiger partial charge in [-0.3, -0.25) is 4.90 Å². The molecule has 1 aliphatic heterocycles. The van der Waals surface area contributed by atoms with Gasteiger partial charge in [0.2, 0.25) is 20.0 Å². The molecule has 0 radical (unpaired) electrons. The first-order valence-corrected chi connectivity index (χ1v) is 17.0. The van der Waals surface area contributed by atoms with Crippen molar-refractivity contribution in [3.63, 3.8) is 0 Å². The summed E-state index contributed by atoms with van der Waals surface area (Å²) in [5.41, 5.74) is 3.69. The van der Waals surface area contributed by atoms with E-state index in [4.69, 9.17) is 0 Å². The minimum Gasteiger partial charge on any atom is -0.299 e. The number of benzene rings is 3. The second-order valence-corrected chi connectivity index (χ2v) is 14.8. The molecule has 10 heteroatoms. The highest BCUT2D eigenvalue weighted by Crippen LogP contribution is 2.22. The maximum atomic E-state index is 13.8. The van der Waals surface area contributed by atoms with Crippen molar-refractivity contribution in [3.05, 3.63) is 108 Å². The van der Waals surface area contributed by atoms with Crippen LogP contribution in [-0.2, 0) is 26.6 Å². The van der Waals surface area contributed by atoms with E-state index in [0.29, 0.717) is 31.5 Å². The number of nitrogens with zero attached hydrogens (tertiary/aromatic N) is 3. The standard InChI is InChI=1S/C32H41N3O4S2.ClH/c1-27-12-16-31(17-13-27)40(36,37)34-22-8-7-20-33(26-30-10-5-4-6-11-30)21-9-23-35(25-29(3)24-34)41(38,39)32-18-14-28(2)15-19-32;/h4-6,10-19H,3,7-9,20-26H2,1-2H3;1H. The molecule has 3 aromatic carbocycles. The fourth-order valence-corrected chi connectivity index (χ4v) is 8.04. The number of hydrogen-bond donors (Lipinski definition) is 0. The Labute approximate surface area is 258 Å². The molecular weight excluding hydrogens is 590 g/mol. The van der Waals surface area contributed by atoms with Gasteiger partial charge in [-0.05, 0) is 81.6 Å². The Bertz CT molecular complexity index is 1510. The molecule has 0 atom stereocenters. The molecule has 228 valence electrons. The predicted molar refractivity (Wildman–Crippen MR) is 172 cm³/mol. The number of sulfonamides is 2. The van der Waals surface area contributed by atoms with Gasteiger partial charge in [-0.1, -0.05) is 72.3 Å². The summed E-state index contributed by atoms with van der Waals surface area (Å²) in [5.74, 6) is 0. The Kier molecular flexibility index (Phi) is 12.4. The summed E-state index contributed by atoms with van der Waals surface area (Å²) in [6, 6.07) is 23.9. The molecule has 1 aliphatic rings. The van der Waals surface area contributed by atoms with Crippen LogP contribution in [-0.4, -0.2) is 69.6 Å². The summed E-state index contributed by atoms with van der Waals surface area (Å²) in [7, 11) is -7.60. The Morgan fingerprint density at radius 1 is 0.619 bits per heavy atom. The van der Waals surface area contributed by atoms with Crippen molar-refractivity contribution in [2.45, 2.75) is 49.4 Å². The van der Waals surface area contributed by atoms with Crippen molar-refractivity contribution in [2.24, 2.45) is 0 Å². The van der Waals surface area contributed by atoms with Crippen LogP contribution in [0.5, 0.6) is 0 Å². The Morgan fingerprint density at radius 3 is 1.55 bits per heavy atom. The zero-order valence-electron chi connectivity index (χ0n) is 24.5. The monoisotopic (exact) mass is 631 g/mol. The average molecular weight is 632 g/mol. The number of hydrogen-bond acceptors (Lipinski definition) is 5. The second kappa shape index (κ2) is 15.3. The molecule has 0 bridgehead atoms. The highest BCUT2D eigenvalue weighted by atomic mass is 35.5. The van der Waals surface area contributed by atoms with E-state index in [0.717, 1.165) is 37.2 Å². The Balaban J connectivity index is 0.00000484. The lowest BCUT2D eigenvalue weighted by atomic mass is 10.2. The van der Waals surface area contributed by atoms with Gasteiger partial charge < -0.3 is 0 Å². The van der Waals surface area contributed by atoms with Gasteiger partial charge in [-0.15, -0.1) is 12.4 Å². The minimum atomic E-state index is -3.81. The van der Waals surface area contributed by atoms with Crippen LogP contribution in [0.2, 0.25) is 0 Å². The molecular formula is C32H42ClN3O4S2. The van der Waals surface area contributed by atoms with Crippen molar-refractivity contribution in [1.29, 1.82) is 0 Å². The molecule has 0 spiro atoms. The van der Waals surface area contributed by atoms with Crippen molar-refractivity contribution >= 4 is 32.5 Å². The topological polar surface area (TPSA) is 78.0 Å². The SMILES string of the molecule is C=C1CN(S(=O)(=O)c2ccc(C)cc2)CCCCN(Cc2ccccc2)CCCN(S(=O)(=O)c2ccc(C)cc2)C1.Cl. The van der Waals surface area contributed by atoms with Gasteiger partial charge in [-0.2, -0.15) is 8.61 Å². The molecule has 0 unspecified atom stereocenters. The molecule has 42 heavy (non-hydrogen) atoms.